The lowest BCUT2D eigenvalue weighted by molar-refractivity contribution is 0.0950. The third-order valence-electron chi connectivity index (χ3n) is 3.80. The molecule has 138 valence electrons. The summed E-state index contributed by atoms with van der Waals surface area (Å²) in [4.78, 5) is 19.9. The van der Waals surface area contributed by atoms with Gasteiger partial charge in [0.05, 0.1) is 12.7 Å². The minimum absolute atomic E-state index is 0.153. The smallest absolute Gasteiger partial charge is 0.316 e. The minimum atomic E-state index is -0.292. The van der Waals surface area contributed by atoms with E-state index in [0.717, 1.165) is 5.56 Å². The van der Waals surface area contributed by atoms with E-state index in [9.17, 15) is 9.18 Å². The molecule has 1 N–H and O–H groups in total. The third kappa shape index (κ3) is 5.01. The van der Waals surface area contributed by atoms with Crippen LogP contribution in [0.15, 0.2) is 60.9 Å². The van der Waals surface area contributed by atoms with Crippen molar-refractivity contribution in [2.75, 3.05) is 7.11 Å². The number of rotatable bonds is 7. The van der Waals surface area contributed by atoms with Crippen molar-refractivity contribution in [2.24, 2.45) is 0 Å². The number of carbonyl (C=O) groups excluding carboxylic acids is 1. The zero-order chi connectivity index (χ0) is 19.1. The molecule has 0 fully saturated rings. The van der Waals surface area contributed by atoms with Gasteiger partial charge in [0, 0.05) is 24.5 Å². The van der Waals surface area contributed by atoms with E-state index in [2.05, 4.69) is 15.3 Å². The second-order valence-electron chi connectivity index (χ2n) is 5.67. The van der Waals surface area contributed by atoms with Gasteiger partial charge in [-0.3, -0.25) is 4.79 Å². The molecule has 0 bridgehead atoms. The molecule has 6 nitrogen and oxygen atoms in total. The fourth-order valence-electron chi connectivity index (χ4n) is 2.30. The quantitative estimate of drug-likeness (QED) is 0.695. The molecule has 0 saturated heterocycles. The first-order valence-electron chi connectivity index (χ1n) is 8.25. The molecule has 7 heteroatoms. The molecule has 3 aromatic rings. The topological polar surface area (TPSA) is 73.3 Å². The van der Waals surface area contributed by atoms with Crippen LogP contribution in [0.4, 0.5) is 4.39 Å². The van der Waals surface area contributed by atoms with Crippen LogP contribution in [0.1, 0.15) is 21.5 Å². The maximum Gasteiger partial charge on any atom is 0.316 e. The van der Waals surface area contributed by atoms with E-state index < -0.39 is 0 Å². The first-order chi connectivity index (χ1) is 13.2. The molecule has 3 rings (SSSR count). The van der Waals surface area contributed by atoms with Crippen LogP contribution in [0.5, 0.6) is 11.8 Å². The standard InChI is InChI=1S/C20H18FN3O3/c1-26-20-23-11-16(12-24-20)19(25)22-10-14-6-8-17(9-7-14)27-13-15-4-2-3-5-18(15)21/h2-9,11-12H,10,13H2,1H3,(H,22,25). The fourth-order valence-corrected chi connectivity index (χ4v) is 2.30. The molecule has 27 heavy (non-hydrogen) atoms. The molecular weight excluding hydrogens is 349 g/mol. The first-order valence-corrected chi connectivity index (χ1v) is 8.25. The van der Waals surface area contributed by atoms with E-state index in [-0.39, 0.29) is 24.3 Å². The zero-order valence-corrected chi connectivity index (χ0v) is 14.7. The number of amides is 1. The summed E-state index contributed by atoms with van der Waals surface area (Å²) in [6, 6.07) is 13.9. The van der Waals surface area contributed by atoms with Crippen LogP contribution in [-0.4, -0.2) is 23.0 Å². The number of halogens is 1. The number of hydrogen-bond donors (Lipinski definition) is 1. The summed E-state index contributed by atoms with van der Waals surface area (Å²) in [6.07, 6.45) is 2.81. The summed E-state index contributed by atoms with van der Waals surface area (Å²) in [7, 11) is 1.46. The lowest BCUT2D eigenvalue weighted by Crippen LogP contribution is -2.23. The number of nitrogens with one attached hydrogen (secondary N) is 1. The van der Waals surface area contributed by atoms with Gasteiger partial charge in [-0.05, 0) is 23.8 Å². The summed E-state index contributed by atoms with van der Waals surface area (Å²) in [6.45, 7) is 0.499. The van der Waals surface area contributed by atoms with Crippen LogP contribution in [-0.2, 0) is 13.2 Å². The highest BCUT2D eigenvalue weighted by Crippen LogP contribution is 2.15. The predicted molar refractivity (Wildman–Crippen MR) is 96.9 cm³/mol. The van der Waals surface area contributed by atoms with Crippen LogP contribution < -0.4 is 14.8 Å². The lowest BCUT2D eigenvalue weighted by Gasteiger charge is -2.09. The summed E-state index contributed by atoms with van der Waals surface area (Å²) in [5.74, 6) is 0.0498. The highest BCUT2D eigenvalue weighted by Gasteiger charge is 2.07. The fraction of sp³-hybridized carbons (Fsp3) is 0.150. The van der Waals surface area contributed by atoms with E-state index in [4.69, 9.17) is 9.47 Å². The number of benzene rings is 2. The average Bonchev–Trinajstić information content (AvgIpc) is 2.72. The molecule has 0 aliphatic heterocycles. The molecular formula is C20H18FN3O3. The molecule has 0 saturated carbocycles. The second kappa shape index (κ2) is 8.75. The predicted octanol–water partition coefficient (Wildman–Crippen LogP) is 3.13. The number of methoxy groups -OCH3 is 1. The van der Waals surface area contributed by atoms with Crippen molar-refractivity contribution >= 4 is 5.91 Å². The number of carbonyl (C=O) groups is 1. The van der Waals surface area contributed by atoms with Gasteiger partial charge in [-0.2, -0.15) is 0 Å². The van der Waals surface area contributed by atoms with Gasteiger partial charge < -0.3 is 14.8 Å². The van der Waals surface area contributed by atoms with Crippen molar-refractivity contribution < 1.29 is 18.7 Å². The van der Waals surface area contributed by atoms with Gasteiger partial charge in [-0.15, -0.1) is 0 Å². The normalized spacial score (nSPS) is 10.3. The van der Waals surface area contributed by atoms with Crippen molar-refractivity contribution in [3.8, 4) is 11.8 Å². The molecule has 0 aliphatic rings. The zero-order valence-electron chi connectivity index (χ0n) is 14.7. The summed E-state index contributed by atoms with van der Waals surface area (Å²) >= 11 is 0. The maximum atomic E-state index is 13.6. The molecule has 0 atom stereocenters. The molecule has 0 radical (unpaired) electrons. The van der Waals surface area contributed by atoms with Crippen molar-refractivity contribution in [3.63, 3.8) is 0 Å². The Morgan fingerprint density at radius 2 is 1.78 bits per heavy atom. The molecule has 1 aromatic heterocycles. The summed E-state index contributed by atoms with van der Waals surface area (Å²) < 4.78 is 24.0. The van der Waals surface area contributed by atoms with E-state index in [1.54, 1.807) is 30.3 Å². The lowest BCUT2D eigenvalue weighted by atomic mass is 10.2. The maximum absolute atomic E-state index is 13.6. The van der Waals surface area contributed by atoms with Crippen LogP contribution in [0, 0.1) is 5.82 Å². The minimum Gasteiger partial charge on any atom is -0.489 e. The number of nitrogens with zero attached hydrogens (tertiary/aromatic N) is 2. The number of hydrogen-bond acceptors (Lipinski definition) is 5. The molecule has 2 aromatic carbocycles. The van der Waals surface area contributed by atoms with Crippen molar-refractivity contribution in [2.45, 2.75) is 13.2 Å². The van der Waals surface area contributed by atoms with Gasteiger partial charge in [0.2, 0.25) is 0 Å². The van der Waals surface area contributed by atoms with Crippen molar-refractivity contribution in [1.29, 1.82) is 0 Å². The van der Waals surface area contributed by atoms with Gasteiger partial charge in [0.1, 0.15) is 18.2 Å². The van der Waals surface area contributed by atoms with Gasteiger partial charge in [-0.1, -0.05) is 30.3 Å². The third-order valence-corrected chi connectivity index (χ3v) is 3.80. The summed E-state index contributed by atoms with van der Waals surface area (Å²) in [5.41, 5.74) is 1.74. The van der Waals surface area contributed by atoms with E-state index in [1.807, 2.05) is 12.1 Å². The molecule has 0 spiro atoms. The van der Waals surface area contributed by atoms with Gasteiger partial charge in [0.15, 0.2) is 0 Å². The van der Waals surface area contributed by atoms with Crippen LogP contribution in [0.3, 0.4) is 0 Å². The van der Waals surface area contributed by atoms with Crippen molar-refractivity contribution in [3.05, 3.63) is 83.4 Å². The van der Waals surface area contributed by atoms with Gasteiger partial charge in [0.25, 0.3) is 5.91 Å². The average molecular weight is 367 g/mol. The monoisotopic (exact) mass is 367 g/mol. The van der Waals surface area contributed by atoms with E-state index >= 15 is 0 Å². The Balaban J connectivity index is 1.51. The Morgan fingerprint density at radius 3 is 2.44 bits per heavy atom. The van der Waals surface area contributed by atoms with Gasteiger partial charge in [-0.25, -0.2) is 14.4 Å². The van der Waals surface area contributed by atoms with Crippen molar-refractivity contribution in [1.82, 2.24) is 15.3 Å². The van der Waals surface area contributed by atoms with Gasteiger partial charge >= 0.3 is 6.01 Å². The Labute approximate surface area is 156 Å². The Kier molecular flexibility index (Phi) is 5.94. The van der Waals surface area contributed by atoms with Crippen LogP contribution in [0.25, 0.3) is 0 Å². The number of ether oxygens (including phenoxy) is 2. The Morgan fingerprint density at radius 1 is 1.07 bits per heavy atom. The number of aromatic nitrogens is 2. The first kappa shape index (κ1) is 18.3. The molecule has 0 aliphatic carbocycles. The second-order valence-corrected chi connectivity index (χ2v) is 5.67. The van der Waals surface area contributed by atoms with E-state index in [1.165, 1.54) is 25.6 Å². The van der Waals surface area contributed by atoms with Crippen LogP contribution in [0.2, 0.25) is 0 Å². The Hall–Kier alpha value is -3.48. The molecule has 0 unspecified atom stereocenters. The highest BCUT2D eigenvalue weighted by molar-refractivity contribution is 5.93. The largest absolute Gasteiger partial charge is 0.489 e. The summed E-state index contributed by atoms with van der Waals surface area (Å²) in [5, 5.41) is 2.79. The van der Waals surface area contributed by atoms with Crippen LogP contribution >= 0.6 is 0 Å². The Bertz CT molecular complexity index is 899. The molecule has 1 heterocycles. The molecule has 1 amide bonds. The SMILES string of the molecule is COc1ncc(C(=O)NCc2ccc(OCc3ccccc3F)cc2)cn1. The van der Waals surface area contributed by atoms with E-state index in [0.29, 0.717) is 23.4 Å². The highest BCUT2D eigenvalue weighted by atomic mass is 19.1.